The van der Waals surface area contributed by atoms with Gasteiger partial charge in [-0.25, -0.2) is 18.2 Å². The number of thiazole rings is 1. The highest BCUT2D eigenvalue weighted by Crippen LogP contribution is 2.47. The van der Waals surface area contributed by atoms with Crippen LogP contribution in [0.1, 0.15) is 18.4 Å². The van der Waals surface area contributed by atoms with Crippen LogP contribution in [0, 0.1) is 0 Å². The molecule has 3 aromatic rings. The number of urea groups is 1. The molecule has 166 valence electrons. The molecule has 32 heavy (non-hydrogen) atoms. The van der Waals surface area contributed by atoms with Gasteiger partial charge in [-0.1, -0.05) is 59.9 Å². The molecule has 0 unspecified atom stereocenters. The highest BCUT2D eigenvalue weighted by atomic mass is 32.2. The fourth-order valence-corrected chi connectivity index (χ4v) is 6.49. The third-order valence-electron chi connectivity index (χ3n) is 6.38. The van der Waals surface area contributed by atoms with Crippen molar-refractivity contribution >= 4 is 38.2 Å². The maximum absolute atomic E-state index is 12.9. The minimum absolute atomic E-state index is 0.167. The van der Waals surface area contributed by atoms with Gasteiger partial charge < -0.3 is 4.90 Å². The number of aromatic nitrogens is 1. The van der Waals surface area contributed by atoms with Crippen molar-refractivity contribution in [3.05, 3.63) is 66.4 Å². The van der Waals surface area contributed by atoms with Gasteiger partial charge in [0.05, 0.1) is 16.8 Å². The van der Waals surface area contributed by atoms with Crippen molar-refractivity contribution in [1.82, 2.24) is 9.88 Å². The van der Waals surface area contributed by atoms with E-state index in [0.29, 0.717) is 24.8 Å². The molecule has 2 amide bonds. The summed E-state index contributed by atoms with van der Waals surface area (Å²) in [5.41, 5.74) is 2.65. The number of fused-ring (bicyclic) bond motifs is 2. The van der Waals surface area contributed by atoms with Gasteiger partial charge in [0.1, 0.15) is 0 Å². The number of anilines is 2. The Balaban J connectivity index is 1.27. The van der Waals surface area contributed by atoms with Gasteiger partial charge in [0.15, 0.2) is 5.13 Å². The number of likely N-dealkylation sites (tertiary alicyclic amines) is 1. The largest absolute Gasteiger partial charge is 0.324 e. The first-order valence-corrected chi connectivity index (χ1v) is 13.2. The zero-order valence-corrected chi connectivity index (χ0v) is 19.3. The van der Waals surface area contributed by atoms with Crippen LogP contribution in [-0.2, 0) is 15.4 Å². The predicted molar refractivity (Wildman–Crippen MR) is 128 cm³/mol. The fourth-order valence-electron chi connectivity index (χ4n) is 4.68. The molecule has 1 spiro atoms. The number of rotatable bonds is 3. The highest BCUT2D eigenvalue weighted by Gasteiger charge is 2.47. The Bertz CT molecular complexity index is 1250. The number of nitrogens with one attached hydrogen (secondary N) is 1. The third kappa shape index (κ3) is 3.75. The topological polar surface area (TPSA) is 82.6 Å². The molecule has 0 atom stereocenters. The van der Waals surface area contributed by atoms with Crippen LogP contribution in [0.2, 0.25) is 0 Å². The van der Waals surface area contributed by atoms with E-state index in [1.54, 1.807) is 11.1 Å². The Kier molecular flexibility index (Phi) is 5.17. The number of carbonyl (C=O) groups excluding carboxylic acids is 1. The standard InChI is InChI=1S/C23H24N4O3S2/c1-32(29,30)27-16-23(18-9-5-6-10-19(18)27)11-13-26(14-12-23)22(28)25-21-24-15-20(31-21)17-7-3-2-4-8-17/h2-10,15H,11-14,16H2,1H3,(H,24,25,28). The SMILES string of the molecule is CS(=O)(=O)N1CC2(CCN(C(=O)Nc3ncc(-c4ccccc4)s3)CC2)c2ccccc21. The average molecular weight is 469 g/mol. The second-order valence-electron chi connectivity index (χ2n) is 8.38. The lowest BCUT2D eigenvalue weighted by Gasteiger charge is -2.39. The molecule has 5 rings (SSSR count). The van der Waals surface area contributed by atoms with Crippen LogP contribution in [0.25, 0.3) is 10.4 Å². The molecule has 0 aliphatic carbocycles. The van der Waals surface area contributed by atoms with Crippen LogP contribution in [0.15, 0.2) is 60.8 Å². The number of hydrogen-bond acceptors (Lipinski definition) is 5. The number of hydrogen-bond donors (Lipinski definition) is 1. The van der Waals surface area contributed by atoms with Gasteiger partial charge in [0.25, 0.3) is 0 Å². The molecule has 0 bridgehead atoms. The van der Waals surface area contributed by atoms with Gasteiger partial charge in [0.2, 0.25) is 10.0 Å². The fraction of sp³-hybridized carbons (Fsp3) is 0.304. The Morgan fingerprint density at radius 1 is 1.06 bits per heavy atom. The molecule has 9 heteroatoms. The van der Waals surface area contributed by atoms with E-state index in [0.717, 1.165) is 34.5 Å². The summed E-state index contributed by atoms with van der Waals surface area (Å²) in [6, 6.07) is 17.5. The minimum Gasteiger partial charge on any atom is -0.324 e. The second kappa shape index (κ2) is 7.90. The first kappa shape index (κ1) is 21.0. The zero-order chi connectivity index (χ0) is 22.3. The van der Waals surface area contributed by atoms with Crippen molar-refractivity contribution in [3.8, 4) is 10.4 Å². The van der Waals surface area contributed by atoms with E-state index in [4.69, 9.17) is 0 Å². The van der Waals surface area contributed by atoms with Crippen molar-refractivity contribution in [2.45, 2.75) is 18.3 Å². The summed E-state index contributed by atoms with van der Waals surface area (Å²) in [6.07, 6.45) is 4.46. The third-order valence-corrected chi connectivity index (χ3v) is 8.46. The second-order valence-corrected chi connectivity index (χ2v) is 11.3. The van der Waals surface area contributed by atoms with E-state index in [1.807, 2.05) is 54.6 Å². The lowest BCUT2D eigenvalue weighted by atomic mass is 9.74. The summed E-state index contributed by atoms with van der Waals surface area (Å²) in [7, 11) is -3.35. The molecule has 2 aliphatic rings. The van der Waals surface area contributed by atoms with Crippen LogP contribution in [-0.4, -0.2) is 50.2 Å². The maximum atomic E-state index is 12.9. The van der Waals surface area contributed by atoms with Crippen molar-refractivity contribution in [2.24, 2.45) is 0 Å². The average Bonchev–Trinajstić information content (AvgIpc) is 3.38. The normalized spacial score (nSPS) is 17.4. The van der Waals surface area contributed by atoms with E-state index >= 15 is 0 Å². The van der Waals surface area contributed by atoms with E-state index < -0.39 is 10.0 Å². The maximum Gasteiger partial charge on any atom is 0.323 e. The number of amides is 2. The van der Waals surface area contributed by atoms with Crippen LogP contribution in [0.4, 0.5) is 15.6 Å². The number of para-hydroxylation sites is 1. The van der Waals surface area contributed by atoms with Gasteiger partial charge in [-0.05, 0) is 30.0 Å². The Hall–Kier alpha value is -2.91. The van der Waals surface area contributed by atoms with Crippen molar-refractivity contribution in [3.63, 3.8) is 0 Å². The van der Waals surface area contributed by atoms with Crippen molar-refractivity contribution < 1.29 is 13.2 Å². The van der Waals surface area contributed by atoms with Gasteiger partial charge in [-0.15, -0.1) is 0 Å². The summed E-state index contributed by atoms with van der Waals surface area (Å²) >= 11 is 1.45. The molecule has 7 nitrogen and oxygen atoms in total. The smallest absolute Gasteiger partial charge is 0.323 e. The molecule has 1 saturated heterocycles. The summed E-state index contributed by atoms with van der Waals surface area (Å²) in [4.78, 5) is 20.0. The summed E-state index contributed by atoms with van der Waals surface area (Å²) in [5, 5.41) is 3.49. The monoisotopic (exact) mass is 468 g/mol. The first-order valence-electron chi connectivity index (χ1n) is 10.5. The molecule has 1 N–H and O–H groups in total. The van der Waals surface area contributed by atoms with Gasteiger partial charge in [-0.2, -0.15) is 0 Å². The van der Waals surface area contributed by atoms with Gasteiger partial charge in [0, 0.05) is 31.2 Å². The van der Waals surface area contributed by atoms with Gasteiger partial charge in [-0.3, -0.25) is 9.62 Å². The molecule has 1 aromatic heterocycles. The number of nitrogens with zero attached hydrogens (tertiary/aromatic N) is 3. The molecule has 0 saturated carbocycles. The predicted octanol–water partition coefficient (Wildman–Crippen LogP) is 4.16. The molecule has 1 fully saturated rings. The van der Waals surface area contributed by atoms with E-state index in [2.05, 4.69) is 10.3 Å². The quantitative estimate of drug-likeness (QED) is 0.626. The number of piperidine rings is 1. The van der Waals surface area contributed by atoms with Crippen LogP contribution in [0.5, 0.6) is 0 Å². The molecular formula is C23H24N4O3S2. The van der Waals surface area contributed by atoms with E-state index in [9.17, 15) is 13.2 Å². The Morgan fingerprint density at radius 3 is 2.47 bits per heavy atom. The zero-order valence-electron chi connectivity index (χ0n) is 17.7. The summed E-state index contributed by atoms with van der Waals surface area (Å²) < 4.78 is 26.2. The van der Waals surface area contributed by atoms with Crippen LogP contribution in [0.3, 0.4) is 0 Å². The van der Waals surface area contributed by atoms with Crippen molar-refractivity contribution in [1.29, 1.82) is 0 Å². The molecule has 3 heterocycles. The number of benzene rings is 2. The van der Waals surface area contributed by atoms with Crippen LogP contribution < -0.4 is 9.62 Å². The molecular weight excluding hydrogens is 444 g/mol. The van der Waals surface area contributed by atoms with E-state index in [1.165, 1.54) is 21.9 Å². The lowest BCUT2D eigenvalue weighted by molar-refractivity contribution is 0.173. The minimum atomic E-state index is -3.35. The molecule has 2 aliphatic heterocycles. The van der Waals surface area contributed by atoms with Crippen molar-refractivity contribution in [2.75, 3.05) is 35.5 Å². The number of sulfonamides is 1. The molecule has 0 radical (unpaired) electrons. The number of carbonyl (C=O) groups is 1. The molecule has 2 aromatic carbocycles. The Labute approximate surface area is 191 Å². The highest BCUT2D eigenvalue weighted by molar-refractivity contribution is 7.92. The first-order chi connectivity index (χ1) is 15.4. The Morgan fingerprint density at radius 2 is 1.75 bits per heavy atom. The van der Waals surface area contributed by atoms with E-state index in [-0.39, 0.29) is 11.4 Å². The summed E-state index contributed by atoms with van der Waals surface area (Å²) in [5.74, 6) is 0. The summed E-state index contributed by atoms with van der Waals surface area (Å²) in [6.45, 7) is 1.57. The van der Waals surface area contributed by atoms with Crippen LogP contribution >= 0.6 is 11.3 Å². The van der Waals surface area contributed by atoms with Gasteiger partial charge >= 0.3 is 6.03 Å². The lowest BCUT2D eigenvalue weighted by Crippen LogP contribution is -2.48.